The van der Waals surface area contributed by atoms with Crippen LogP contribution in [0.15, 0.2) is 18.3 Å². The van der Waals surface area contributed by atoms with Crippen LogP contribution in [-0.4, -0.2) is 28.4 Å². The summed E-state index contributed by atoms with van der Waals surface area (Å²) in [6.45, 7) is 3.03. The number of carbonyl (C=O) groups is 1. The molecule has 1 fully saturated rings. The summed E-state index contributed by atoms with van der Waals surface area (Å²) < 4.78 is 0. The van der Waals surface area contributed by atoms with E-state index in [1.807, 2.05) is 17.0 Å². The van der Waals surface area contributed by atoms with E-state index in [0.29, 0.717) is 11.7 Å². The van der Waals surface area contributed by atoms with Crippen molar-refractivity contribution in [3.05, 3.63) is 24.0 Å². The van der Waals surface area contributed by atoms with Crippen LogP contribution in [-0.2, 0) is 0 Å². The molecule has 1 aliphatic heterocycles. The molecule has 3 nitrogen and oxygen atoms in total. The lowest BCUT2D eigenvalue weighted by molar-refractivity contribution is 0.0630. The molecule has 2 rings (SSSR count). The molecule has 1 saturated heterocycles. The number of piperidine rings is 1. The van der Waals surface area contributed by atoms with E-state index in [4.69, 9.17) is 0 Å². The highest BCUT2D eigenvalue weighted by atomic mass is 16.2. The van der Waals surface area contributed by atoms with Crippen molar-refractivity contribution >= 4 is 5.91 Å². The Kier molecular flexibility index (Phi) is 2.57. The number of hydrogen-bond donors (Lipinski definition) is 1. The zero-order valence-electron chi connectivity index (χ0n) is 8.49. The molecule has 1 atom stereocenters. The quantitative estimate of drug-likeness (QED) is 0.726. The van der Waals surface area contributed by atoms with Crippen LogP contribution in [0.2, 0.25) is 0 Å². The van der Waals surface area contributed by atoms with Crippen molar-refractivity contribution < 1.29 is 4.79 Å². The molecule has 1 aromatic heterocycles. The number of aromatic amines is 1. The van der Waals surface area contributed by atoms with Gasteiger partial charge in [-0.2, -0.15) is 0 Å². The molecule has 1 unspecified atom stereocenters. The molecular weight excluding hydrogens is 176 g/mol. The second-order valence-electron chi connectivity index (χ2n) is 3.93. The van der Waals surface area contributed by atoms with Gasteiger partial charge < -0.3 is 9.88 Å². The summed E-state index contributed by atoms with van der Waals surface area (Å²) in [7, 11) is 0. The summed E-state index contributed by atoms with van der Waals surface area (Å²) in [5, 5.41) is 0. The van der Waals surface area contributed by atoms with E-state index in [-0.39, 0.29) is 5.91 Å². The fourth-order valence-electron chi connectivity index (χ4n) is 2.02. The minimum Gasteiger partial charge on any atom is -0.357 e. The van der Waals surface area contributed by atoms with Gasteiger partial charge in [0.15, 0.2) is 0 Å². The molecule has 1 amide bonds. The molecule has 3 heteroatoms. The van der Waals surface area contributed by atoms with Crippen molar-refractivity contribution in [2.75, 3.05) is 6.54 Å². The van der Waals surface area contributed by atoms with Crippen LogP contribution in [0.25, 0.3) is 0 Å². The smallest absolute Gasteiger partial charge is 0.270 e. The van der Waals surface area contributed by atoms with Gasteiger partial charge in [0, 0.05) is 18.8 Å². The van der Waals surface area contributed by atoms with E-state index < -0.39 is 0 Å². The molecule has 0 bridgehead atoms. The zero-order chi connectivity index (χ0) is 9.97. The highest BCUT2D eigenvalue weighted by molar-refractivity contribution is 5.92. The second kappa shape index (κ2) is 3.86. The predicted octanol–water partition coefficient (Wildman–Crippen LogP) is 2.03. The van der Waals surface area contributed by atoms with Crippen molar-refractivity contribution in [1.29, 1.82) is 0 Å². The predicted molar refractivity (Wildman–Crippen MR) is 55.1 cm³/mol. The van der Waals surface area contributed by atoms with E-state index in [0.717, 1.165) is 19.4 Å². The maximum absolute atomic E-state index is 12.0. The lowest BCUT2D eigenvalue weighted by Crippen LogP contribution is -2.42. The highest BCUT2D eigenvalue weighted by Gasteiger charge is 2.24. The average molecular weight is 192 g/mol. The Bertz CT molecular complexity index is 305. The lowest BCUT2D eigenvalue weighted by atomic mass is 10.0. The molecule has 0 aliphatic carbocycles. The average Bonchev–Trinajstić information content (AvgIpc) is 2.70. The number of carbonyl (C=O) groups excluding carboxylic acids is 1. The summed E-state index contributed by atoms with van der Waals surface area (Å²) in [6.07, 6.45) is 5.31. The Morgan fingerprint density at radius 1 is 1.57 bits per heavy atom. The third kappa shape index (κ3) is 1.67. The highest BCUT2D eigenvalue weighted by Crippen LogP contribution is 2.18. The molecule has 14 heavy (non-hydrogen) atoms. The first-order chi connectivity index (χ1) is 6.79. The van der Waals surface area contributed by atoms with Crippen LogP contribution in [0.5, 0.6) is 0 Å². The monoisotopic (exact) mass is 192 g/mol. The third-order valence-electron chi connectivity index (χ3n) is 2.89. The van der Waals surface area contributed by atoms with Gasteiger partial charge in [0.25, 0.3) is 5.91 Å². The van der Waals surface area contributed by atoms with Gasteiger partial charge in [-0.15, -0.1) is 0 Å². The van der Waals surface area contributed by atoms with Gasteiger partial charge in [0.1, 0.15) is 5.69 Å². The molecule has 1 N–H and O–H groups in total. The summed E-state index contributed by atoms with van der Waals surface area (Å²) in [6, 6.07) is 4.09. The number of H-pyrrole nitrogens is 1. The number of likely N-dealkylation sites (tertiary alicyclic amines) is 1. The Balaban J connectivity index is 2.10. The normalized spacial score (nSPS) is 22.4. The Labute approximate surface area is 84.1 Å². The van der Waals surface area contributed by atoms with Gasteiger partial charge in [0.2, 0.25) is 0 Å². The standard InChI is InChI=1S/C11H16N2O/c1-9-5-2-3-8-13(9)11(14)10-6-4-7-12-10/h4,6-7,9,12H,2-3,5,8H2,1H3. The number of aromatic nitrogens is 1. The van der Waals surface area contributed by atoms with E-state index in [2.05, 4.69) is 11.9 Å². The van der Waals surface area contributed by atoms with Gasteiger partial charge >= 0.3 is 0 Å². The fraction of sp³-hybridized carbons (Fsp3) is 0.545. The summed E-state index contributed by atoms with van der Waals surface area (Å²) in [5.74, 6) is 0.141. The van der Waals surface area contributed by atoms with Crippen molar-refractivity contribution in [1.82, 2.24) is 9.88 Å². The number of hydrogen-bond acceptors (Lipinski definition) is 1. The summed E-state index contributed by atoms with van der Waals surface area (Å²) >= 11 is 0. The molecule has 0 spiro atoms. The zero-order valence-corrected chi connectivity index (χ0v) is 8.49. The maximum atomic E-state index is 12.0. The molecule has 0 aromatic carbocycles. The topological polar surface area (TPSA) is 36.1 Å². The Morgan fingerprint density at radius 2 is 2.43 bits per heavy atom. The van der Waals surface area contributed by atoms with Crippen LogP contribution >= 0.6 is 0 Å². The second-order valence-corrected chi connectivity index (χ2v) is 3.93. The fourth-order valence-corrected chi connectivity index (χ4v) is 2.02. The first kappa shape index (κ1) is 9.31. The summed E-state index contributed by atoms with van der Waals surface area (Å²) in [4.78, 5) is 16.9. The molecule has 0 saturated carbocycles. The first-order valence-corrected chi connectivity index (χ1v) is 5.23. The lowest BCUT2D eigenvalue weighted by Gasteiger charge is -2.33. The molecule has 1 aliphatic rings. The van der Waals surface area contributed by atoms with Crippen molar-refractivity contribution in [2.45, 2.75) is 32.2 Å². The van der Waals surface area contributed by atoms with E-state index in [1.54, 1.807) is 6.20 Å². The first-order valence-electron chi connectivity index (χ1n) is 5.23. The minimum absolute atomic E-state index is 0.141. The molecular formula is C11H16N2O. The van der Waals surface area contributed by atoms with E-state index in [9.17, 15) is 4.79 Å². The van der Waals surface area contributed by atoms with Crippen molar-refractivity contribution in [3.63, 3.8) is 0 Å². The Morgan fingerprint density at radius 3 is 3.07 bits per heavy atom. The van der Waals surface area contributed by atoms with Gasteiger partial charge in [-0.3, -0.25) is 4.79 Å². The molecule has 1 aromatic rings. The van der Waals surface area contributed by atoms with E-state index in [1.165, 1.54) is 6.42 Å². The van der Waals surface area contributed by atoms with E-state index >= 15 is 0 Å². The number of nitrogens with zero attached hydrogens (tertiary/aromatic N) is 1. The maximum Gasteiger partial charge on any atom is 0.270 e. The SMILES string of the molecule is CC1CCCCN1C(=O)c1ccc[nH]1. The largest absolute Gasteiger partial charge is 0.357 e. The number of nitrogens with one attached hydrogen (secondary N) is 1. The van der Waals surface area contributed by atoms with Gasteiger partial charge in [0.05, 0.1) is 0 Å². The van der Waals surface area contributed by atoms with Crippen LogP contribution in [0.1, 0.15) is 36.7 Å². The van der Waals surface area contributed by atoms with Gasteiger partial charge in [-0.1, -0.05) is 0 Å². The Hall–Kier alpha value is -1.25. The molecule has 2 heterocycles. The third-order valence-corrected chi connectivity index (χ3v) is 2.89. The van der Waals surface area contributed by atoms with Gasteiger partial charge in [-0.25, -0.2) is 0 Å². The number of rotatable bonds is 1. The van der Waals surface area contributed by atoms with Crippen LogP contribution < -0.4 is 0 Å². The molecule has 76 valence electrons. The van der Waals surface area contributed by atoms with Gasteiger partial charge in [-0.05, 0) is 38.3 Å². The summed E-state index contributed by atoms with van der Waals surface area (Å²) in [5.41, 5.74) is 0.707. The number of amides is 1. The van der Waals surface area contributed by atoms with Crippen LogP contribution in [0, 0.1) is 0 Å². The van der Waals surface area contributed by atoms with Crippen molar-refractivity contribution in [2.24, 2.45) is 0 Å². The van der Waals surface area contributed by atoms with Crippen LogP contribution in [0.4, 0.5) is 0 Å². The van der Waals surface area contributed by atoms with Crippen LogP contribution in [0.3, 0.4) is 0 Å². The van der Waals surface area contributed by atoms with Crippen molar-refractivity contribution in [3.8, 4) is 0 Å². The minimum atomic E-state index is 0.141. The molecule has 0 radical (unpaired) electrons.